The quantitative estimate of drug-likeness (QED) is 0.906. The smallest absolute Gasteiger partial charge is 0.161 e. The van der Waals surface area contributed by atoms with Crippen molar-refractivity contribution in [1.82, 2.24) is 9.97 Å². The Morgan fingerprint density at radius 2 is 1.68 bits per heavy atom. The Hall–Kier alpha value is -1.90. The molecule has 0 amide bonds. The van der Waals surface area contributed by atoms with Crippen LogP contribution in [0.4, 0.5) is 5.82 Å². The van der Waals surface area contributed by atoms with Gasteiger partial charge in [0.15, 0.2) is 5.82 Å². The highest BCUT2D eigenvalue weighted by Crippen LogP contribution is 2.22. The first kappa shape index (κ1) is 13.5. The molecular weight excluding hydrogens is 234 g/mol. The summed E-state index contributed by atoms with van der Waals surface area (Å²) in [5, 5.41) is 3.15. The molecule has 0 radical (unpaired) electrons. The monoisotopic (exact) mass is 255 g/mol. The third-order valence-electron chi connectivity index (χ3n) is 3.44. The van der Waals surface area contributed by atoms with Crippen LogP contribution in [0.25, 0.3) is 11.4 Å². The fourth-order valence-electron chi connectivity index (χ4n) is 2.17. The molecule has 0 spiro atoms. The molecule has 0 fully saturated rings. The number of hydrogen-bond donors (Lipinski definition) is 1. The van der Waals surface area contributed by atoms with Crippen molar-refractivity contribution in [3.63, 3.8) is 0 Å². The largest absolute Gasteiger partial charge is 0.373 e. The van der Waals surface area contributed by atoms with Gasteiger partial charge < -0.3 is 5.32 Å². The highest BCUT2D eigenvalue weighted by molar-refractivity contribution is 5.60. The molecule has 0 unspecified atom stereocenters. The molecule has 19 heavy (non-hydrogen) atoms. The van der Waals surface area contributed by atoms with Crippen LogP contribution in [-0.4, -0.2) is 17.0 Å². The number of aryl methyl sites for hydroxylation is 2. The van der Waals surface area contributed by atoms with E-state index in [1.54, 1.807) is 0 Å². The lowest BCUT2D eigenvalue weighted by atomic mass is 10.1. The standard InChI is InChI=1S/C16H21N3/c1-5-12-7-9-13(10-8-12)16-18-14(6-2)11(3)15(17-4)19-16/h7-10H,5-6H2,1-4H3,(H,17,18,19). The summed E-state index contributed by atoms with van der Waals surface area (Å²) in [5.41, 5.74) is 4.65. The molecule has 0 aliphatic carbocycles. The first-order valence-corrected chi connectivity index (χ1v) is 6.84. The van der Waals surface area contributed by atoms with Crippen LogP contribution in [0.5, 0.6) is 0 Å². The number of nitrogens with zero attached hydrogens (tertiary/aromatic N) is 2. The number of anilines is 1. The summed E-state index contributed by atoms with van der Waals surface area (Å²) < 4.78 is 0. The number of nitrogens with one attached hydrogen (secondary N) is 1. The molecule has 3 nitrogen and oxygen atoms in total. The summed E-state index contributed by atoms with van der Waals surface area (Å²) in [7, 11) is 1.90. The van der Waals surface area contributed by atoms with Crippen LogP contribution in [0.2, 0.25) is 0 Å². The highest BCUT2D eigenvalue weighted by atomic mass is 15.0. The fraction of sp³-hybridized carbons (Fsp3) is 0.375. The maximum Gasteiger partial charge on any atom is 0.161 e. The number of hydrogen-bond acceptors (Lipinski definition) is 3. The van der Waals surface area contributed by atoms with Crippen molar-refractivity contribution >= 4 is 5.82 Å². The molecule has 0 atom stereocenters. The van der Waals surface area contributed by atoms with Gasteiger partial charge in [-0.1, -0.05) is 38.1 Å². The van der Waals surface area contributed by atoms with Crippen molar-refractivity contribution in [2.45, 2.75) is 33.6 Å². The van der Waals surface area contributed by atoms with Gasteiger partial charge >= 0.3 is 0 Å². The van der Waals surface area contributed by atoms with E-state index in [1.165, 1.54) is 5.56 Å². The molecule has 1 aromatic carbocycles. The molecule has 2 rings (SSSR count). The third-order valence-corrected chi connectivity index (χ3v) is 3.44. The van der Waals surface area contributed by atoms with Crippen LogP contribution in [-0.2, 0) is 12.8 Å². The lowest BCUT2D eigenvalue weighted by Gasteiger charge is -2.11. The average molecular weight is 255 g/mol. The Bertz CT molecular complexity index is 534. The zero-order chi connectivity index (χ0) is 13.8. The third kappa shape index (κ3) is 2.75. The van der Waals surface area contributed by atoms with Gasteiger partial charge in [0, 0.05) is 23.9 Å². The van der Waals surface area contributed by atoms with E-state index in [0.717, 1.165) is 41.3 Å². The number of benzene rings is 1. The van der Waals surface area contributed by atoms with Crippen molar-refractivity contribution in [1.29, 1.82) is 0 Å². The molecule has 1 heterocycles. The van der Waals surface area contributed by atoms with Gasteiger partial charge in [0.25, 0.3) is 0 Å². The van der Waals surface area contributed by atoms with E-state index in [2.05, 4.69) is 60.3 Å². The first-order chi connectivity index (χ1) is 9.19. The highest BCUT2D eigenvalue weighted by Gasteiger charge is 2.10. The fourth-order valence-corrected chi connectivity index (χ4v) is 2.17. The predicted octanol–water partition coefficient (Wildman–Crippen LogP) is 3.62. The molecule has 0 saturated heterocycles. The maximum absolute atomic E-state index is 4.67. The van der Waals surface area contributed by atoms with Crippen LogP contribution in [0, 0.1) is 6.92 Å². The summed E-state index contributed by atoms with van der Waals surface area (Å²) in [5.74, 6) is 1.72. The van der Waals surface area contributed by atoms with Gasteiger partial charge in [-0.25, -0.2) is 9.97 Å². The Morgan fingerprint density at radius 1 is 1.00 bits per heavy atom. The number of aromatic nitrogens is 2. The Balaban J connectivity index is 2.48. The van der Waals surface area contributed by atoms with Crippen molar-refractivity contribution < 1.29 is 0 Å². The van der Waals surface area contributed by atoms with Crippen LogP contribution < -0.4 is 5.32 Å². The van der Waals surface area contributed by atoms with E-state index in [0.29, 0.717) is 0 Å². The van der Waals surface area contributed by atoms with Gasteiger partial charge in [-0.2, -0.15) is 0 Å². The van der Waals surface area contributed by atoms with Gasteiger partial charge in [-0.05, 0) is 25.3 Å². The predicted molar refractivity (Wildman–Crippen MR) is 80.5 cm³/mol. The van der Waals surface area contributed by atoms with E-state index in [-0.39, 0.29) is 0 Å². The normalized spacial score (nSPS) is 10.5. The van der Waals surface area contributed by atoms with Crippen LogP contribution >= 0.6 is 0 Å². The average Bonchev–Trinajstić information content (AvgIpc) is 2.47. The summed E-state index contributed by atoms with van der Waals surface area (Å²) in [6.07, 6.45) is 1.97. The molecule has 3 heteroatoms. The van der Waals surface area contributed by atoms with Gasteiger partial charge in [-0.3, -0.25) is 0 Å². The second-order valence-corrected chi connectivity index (χ2v) is 4.62. The van der Waals surface area contributed by atoms with Crippen LogP contribution in [0.3, 0.4) is 0 Å². The SMILES string of the molecule is CCc1ccc(-c2nc(CC)c(C)c(NC)n2)cc1. The summed E-state index contributed by atoms with van der Waals surface area (Å²) >= 11 is 0. The first-order valence-electron chi connectivity index (χ1n) is 6.84. The molecule has 2 aromatic rings. The van der Waals surface area contributed by atoms with Crippen molar-refractivity contribution in [2.75, 3.05) is 12.4 Å². The lowest BCUT2D eigenvalue weighted by molar-refractivity contribution is 0.977. The Morgan fingerprint density at radius 3 is 2.21 bits per heavy atom. The Labute approximate surface area is 115 Å². The van der Waals surface area contributed by atoms with Crippen molar-refractivity contribution in [2.24, 2.45) is 0 Å². The minimum absolute atomic E-state index is 0.800. The lowest BCUT2D eigenvalue weighted by Crippen LogP contribution is -2.04. The minimum atomic E-state index is 0.800. The molecule has 1 aromatic heterocycles. The molecule has 0 aliphatic rings. The van der Waals surface area contributed by atoms with Crippen LogP contribution in [0.15, 0.2) is 24.3 Å². The maximum atomic E-state index is 4.67. The minimum Gasteiger partial charge on any atom is -0.373 e. The molecular formula is C16H21N3. The molecule has 100 valence electrons. The summed E-state index contributed by atoms with van der Waals surface area (Å²) in [6, 6.07) is 8.48. The van der Waals surface area contributed by atoms with Crippen molar-refractivity contribution in [3.05, 3.63) is 41.1 Å². The van der Waals surface area contributed by atoms with E-state index in [1.807, 2.05) is 7.05 Å². The van der Waals surface area contributed by atoms with E-state index in [9.17, 15) is 0 Å². The van der Waals surface area contributed by atoms with Gasteiger partial charge in [0.05, 0.1) is 0 Å². The molecule has 0 bridgehead atoms. The van der Waals surface area contributed by atoms with Crippen molar-refractivity contribution in [3.8, 4) is 11.4 Å². The van der Waals surface area contributed by atoms with Gasteiger partial charge in [0.1, 0.15) is 5.82 Å². The Kier molecular flexibility index (Phi) is 4.15. The topological polar surface area (TPSA) is 37.8 Å². The van der Waals surface area contributed by atoms with Gasteiger partial charge in [0.2, 0.25) is 0 Å². The molecule has 0 saturated carbocycles. The van der Waals surface area contributed by atoms with E-state index < -0.39 is 0 Å². The second-order valence-electron chi connectivity index (χ2n) is 4.62. The number of rotatable bonds is 4. The zero-order valence-electron chi connectivity index (χ0n) is 12.1. The van der Waals surface area contributed by atoms with E-state index in [4.69, 9.17) is 0 Å². The second kappa shape index (κ2) is 5.83. The summed E-state index contributed by atoms with van der Waals surface area (Å²) in [4.78, 5) is 9.28. The zero-order valence-corrected chi connectivity index (χ0v) is 12.1. The van der Waals surface area contributed by atoms with Crippen LogP contribution in [0.1, 0.15) is 30.7 Å². The molecule has 1 N–H and O–H groups in total. The summed E-state index contributed by atoms with van der Waals surface area (Å²) in [6.45, 7) is 6.35. The van der Waals surface area contributed by atoms with E-state index >= 15 is 0 Å². The van der Waals surface area contributed by atoms with Gasteiger partial charge in [-0.15, -0.1) is 0 Å². The molecule has 0 aliphatic heterocycles.